The molecule has 1 aliphatic rings. The quantitative estimate of drug-likeness (QED) is 0.509. The van der Waals surface area contributed by atoms with E-state index in [0.717, 1.165) is 0 Å². The third-order valence-corrected chi connectivity index (χ3v) is 2.56. The smallest absolute Gasteiger partial charge is 0.106 e. The van der Waals surface area contributed by atoms with E-state index in [1.807, 2.05) is 13.6 Å². The Morgan fingerprint density at radius 1 is 1.00 bits per heavy atom. The maximum absolute atomic E-state index is 8.00. The van der Waals surface area contributed by atoms with Gasteiger partial charge >= 0.3 is 0 Å². The first-order valence-corrected chi connectivity index (χ1v) is 4.33. The number of hydrogen-bond donors (Lipinski definition) is 0. The van der Waals surface area contributed by atoms with Gasteiger partial charge in [-0.15, -0.1) is 6.92 Å². The van der Waals surface area contributed by atoms with Crippen LogP contribution in [0.4, 0.5) is 0 Å². The molecule has 0 aromatic carbocycles. The van der Waals surface area contributed by atoms with Gasteiger partial charge in [0.15, 0.2) is 0 Å². The number of allylic oxidation sites excluding steroid dienone is 4. The summed E-state index contributed by atoms with van der Waals surface area (Å²) in [5.74, 6) is 0. The Kier molecular flexibility index (Phi) is 11.6. The summed E-state index contributed by atoms with van der Waals surface area (Å²) in [6.45, 7) is 14.9. The molecule has 15 heavy (non-hydrogen) atoms. The first-order chi connectivity index (χ1) is 6.45. The Morgan fingerprint density at radius 3 is 1.40 bits per heavy atom. The van der Waals surface area contributed by atoms with Crippen molar-refractivity contribution in [3.05, 3.63) is 22.8 Å². The molecule has 89 valence electrons. The summed E-state index contributed by atoms with van der Waals surface area (Å²) in [5, 5.41) is 0. The third-order valence-electron chi connectivity index (χ3n) is 2.56. The molecule has 3 heteroatoms. The van der Waals surface area contributed by atoms with Crippen LogP contribution >= 0.6 is 0 Å². The van der Waals surface area contributed by atoms with E-state index >= 15 is 0 Å². The van der Waals surface area contributed by atoms with Crippen molar-refractivity contribution in [2.45, 2.75) is 34.6 Å². The minimum atomic E-state index is 0. The fourth-order valence-corrected chi connectivity index (χ4v) is 1.41. The zero-order chi connectivity index (χ0) is 11.9. The van der Waals surface area contributed by atoms with Gasteiger partial charge < -0.3 is 9.59 Å². The Balaban J connectivity index is -0.000000258. The fourth-order valence-electron chi connectivity index (χ4n) is 1.41. The summed E-state index contributed by atoms with van der Waals surface area (Å²) in [6, 6.07) is 0. The molecule has 0 heterocycles. The van der Waals surface area contributed by atoms with Gasteiger partial charge in [0.2, 0.25) is 0 Å². The van der Waals surface area contributed by atoms with Crippen molar-refractivity contribution in [3.8, 4) is 0 Å². The molecule has 1 aliphatic carbocycles. The second-order valence-corrected chi connectivity index (χ2v) is 3.62. The zero-order valence-electron chi connectivity index (χ0n) is 10.1. The number of carbonyl (C=O) groups is 2. The van der Waals surface area contributed by atoms with Crippen LogP contribution in [0, 0.1) is 11.5 Å². The summed E-state index contributed by atoms with van der Waals surface area (Å²) >= 11 is 0. The van der Waals surface area contributed by atoms with Gasteiger partial charge in [0, 0.05) is 19.5 Å². The Hall–Kier alpha value is -0.557. The maximum atomic E-state index is 8.00. The molecule has 1 radical (unpaired) electrons. The van der Waals surface area contributed by atoms with Crippen molar-refractivity contribution < 1.29 is 29.1 Å². The van der Waals surface area contributed by atoms with Crippen LogP contribution in [0.5, 0.6) is 0 Å². The topological polar surface area (TPSA) is 34.1 Å². The molecule has 2 nitrogen and oxygen atoms in total. The van der Waals surface area contributed by atoms with Crippen LogP contribution in [0.2, 0.25) is 0 Å². The Bertz CT molecular complexity index is 250. The van der Waals surface area contributed by atoms with Crippen molar-refractivity contribution >= 4 is 13.6 Å². The van der Waals surface area contributed by atoms with E-state index in [9.17, 15) is 0 Å². The first-order valence-electron chi connectivity index (χ1n) is 4.33. The SMILES string of the molecule is C=O.C=O.CC1=[C-]C(C)(C)C(C)=C1C.[Rh]. The van der Waals surface area contributed by atoms with Crippen molar-refractivity contribution in [1.29, 1.82) is 0 Å². The predicted molar refractivity (Wildman–Crippen MR) is 58.8 cm³/mol. The summed E-state index contributed by atoms with van der Waals surface area (Å²) in [6.07, 6.45) is 3.44. The minimum Gasteiger partial charge on any atom is -0.307 e. The van der Waals surface area contributed by atoms with Crippen LogP contribution in [-0.4, -0.2) is 13.6 Å². The molecule has 0 spiro atoms. The molecule has 0 aromatic rings. The van der Waals surface area contributed by atoms with Gasteiger partial charge in [0.25, 0.3) is 0 Å². The van der Waals surface area contributed by atoms with E-state index in [4.69, 9.17) is 9.59 Å². The van der Waals surface area contributed by atoms with Crippen LogP contribution in [0.25, 0.3) is 0 Å². The molecule has 0 fully saturated rings. The molecule has 0 saturated carbocycles. The van der Waals surface area contributed by atoms with E-state index in [0.29, 0.717) is 0 Å². The molecule has 0 unspecified atom stereocenters. The van der Waals surface area contributed by atoms with Crippen LogP contribution in [0.3, 0.4) is 0 Å². The average Bonchev–Trinajstić information content (AvgIpc) is 2.36. The summed E-state index contributed by atoms with van der Waals surface area (Å²) in [7, 11) is 0. The van der Waals surface area contributed by atoms with Gasteiger partial charge in [0.05, 0.1) is 0 Å². The van der Waals surface area contributed by atoms with Gasteiger partial charge in [0.1, 0.15) is 13.6 Å². The van der Waals surface area contributed by atoms with Crippen LogP contribution in [-0.2, 0) is 29.1 Å². The second kappa shape index (κ2) is 8.73. The molecule has 0 saturated heterocycles. The summed E-state index contributed by atoms with van der Waals surface area (Å²) in [5.41, 5.74) is 4.39. The maximum Gasteiger partial charge on any atom is 0.106 e. The second-order valence-electron chi connectivity index (χ2n) is 3.62. The van der Waals surface area contributed by atoms with Crippen LogP contribution < -0.4 is 0 Å². The molecule has 0 atom stereocenters. The number of hydrogen-bond acceptors (Lipinski definition) is 2. The first kappa shape index (κ1) is 19.9. The Morgan fingerprint density at radius 2 is 1.33 bits per heavy atom. The average molecular weight is 298 g/mol. The summed E-state index contributed by atoms with van der Waals surface area (Å²) in [4.78, 5) is 16.0. The van der Waals surface area contributed by atoms with Gasteiger partial charge in [-0.25, -0.2) is 5.57 Å². The molecule has 0 aliphatic heterocycles. The number of carbonyl (C=O) groups excluding carboxylic acids is 2. The van der Waals surface area contributed by atoms with Crippen molar-refractivity contribution in [2.75, 3.05) is 0 Å². The van der Waals surface area contributed by atoms with Crippen LogP contribution in [0.15, 0.2) is 16.7 Å². The van der Waals surface area contributed by atoms with E-state index < -0.39 is 0 Å². The number of rotatable bonds is 0. The standard InChI is InChI=1S/C10H15.2CH2O.Rh/c1-7-6-10(4,5)9(3)8(7)2;2*1-2;/h1-5H3;2*1H2;/q-1;;;. The van der Waals surface area contributed by atoms with Gasteiger partial charge in [-0.2, -0.15) is 11.1 Å². The van der Waals surface area contributed by atoms with E-state index in [1.165, 1.54) is 16.7 Å². The zero-order valence-corrected chi connectivity index (χ0v) is 11.7. The van der Waals surface area contributed by atoms with E-state index in [2.05, 4.69) is 40.7 Å². The van der Waals surface area contributed by atoms with Gasteiger partial charge in [-0.1, -0.05) is 33.1 Å². The third kappa shape index (κ3) is 5.18. The predicted octanol–water partition coefficient (Wildman–Crippen LogP) is 2.74. The Labute approximate surface area is 106 Å². The van der Waals surface area contributed by atoms with Gasteiger partial charge in [-0.05, 0) is 0 Å². The molecular formula is C12H19O2Rh-. The van der Waals surface area contributed by atoms with Crippen molar-refractivity contribution in [2.24, 2.45) is 5.41 Å². The van der Waals surface area contributed by atoms with Crippen LogP contribution in [0.1, 0.15) is 34.6 Å². The molecular weight excluding hydrogens is 279 g/mol. The van der Waals surface area contributed by atoms with Crippen molar-refractivity contribution in [3.63, 3.8) is 0 Å². The fraction of sp³-hybridized carbons (Fsp3) is 0.500. The molecule has 0 N–H and O–H groups in total. The van der Waals surface area contributed by atoms with E-state index in [1.54, 1.807) is 0 Å². The molecule has 0 bridgehead atoms. The van der Waals surface area contributed by atoms with Crippen molar-refractivity contribution in [1.82, 2.24) is 0 Å². The molecule has 1 rings (SSSR count). The van der Waals surface area contributed by atoms with E-state index in [-0.39, 0.29) is 24.9 Å². The normalized spacial score (nSPS) is 16.2. The molecule has 0 aromatic heterocycles. The largest absolute Gasteiger partial charge is 0.307 e. The summed E-state index contributed by atoms with van der Waals surface area (Å²) < 4.78 is 0. The van der Waals surface area contributed by atoms with Gasteiger partial charge in [-0.3, -0.25) is 6.08 Å². The minimum absolute atomic E-state index is 0. The molecule has 0 amide bonds. The monoisotopic (exact) mass is 298 g/mol.